The van der Waals surface area contributed by atoms with Crippen LogP contribution in [0.4, 0.5) is 0 Å². The van der Waals surface area contributed by atoms with Crippen LogP contribution in [0.2, 0.25) is 0 Å². The van der Waals surface area contributed by atoms with Crippen molar-refractivity contribution in [3.8, 4) is 0 Å². The summed E-state index contributed by atoms with van der Waals surface area (Å²) in [7, 11) is 0. The van der Waals surface area contributed by atoms with Gasteiger partial charge in [-0.1, -0.05) is 23.0 Å². The van der Waals surface area contributed by atoms with Gasteiger partial charge >= 0.3 is 0 Å². The third kappa shape index (κ3) is 1.77. The molecule has 0 spiro atoms. The summed E-state index contributed by atoms with van der Waals surface area (Å²) in [6.45, 7) is 0. The molecule has 0 radical (unpaired) electrons. The second-order valence-corrected chi connectivity index (χ2v) is 1.77. The number of nitrogens with zero attached hydrogens (tertiary/aromatic N) is 1. The molecule has 2 nitrogen and oxygen atoms in total. The SMILES string of the molecule is S=CN[n+]1ccccc1. The van der Waals surface area contributed by atoms with Crippen molar-refractivity contribution in [2.45, 2.75) is 0 Å². The van der Waals surface area contributed by atoms with Gasteiger partial charge in [-0.15, -0.1) is 0 Å². The fourth-order valence-electron chi connectivity index (χ4n) is 0.546. The highest BCUT2D eigenvalue weighted by atomic mass is 32.1. The molecule has 0 atom stereocenters. The molecule has 46 valence electrons. The molecule has 0 aliphatic rings. The lowest BCUT2D eigenvalue weighted by Gasteiger charge is -1.87. The van der Waals surface area contributed by atoms with Gasteiger partial charge in [-0.05, 0) is 0 Å². The van der Waals surface area contributed by atoms with Crippen molar-refractivity contribution < 1.29 is 4.68 Å². The molecule has 0 amide bonds. The molecule has 1 aromatic heterocycles. The van der Waals surface area contributed by atoms with Crippen molar-refractivity contribution >= 4 is 17.7 Å². The lowest BCUT2D eigenvalue weighted by molar-refractivity contribution is -0.639. The Morgan fingerprint density at radius 3 is 2.44 bits per heavy atom. The Kier molecular flexibility index (Phi) is 2.15. The summed E-state index contributed by atoms with van der Waals surface area (Å²) in [5.41, 5.74) is 4.27. The average Bonchev–Trinajstić information content (AvgIpc) is 1.91. The smallest absolute Gasteiger partial charge is 0.157 e. The first kappa shape index (κ1) is 6.16. The van der Waals surface area contributed by atoms with E-state index < -0.39 is 0 Å². The fourth-order valence-corrected chi connectivity index (χ4v) is 0.667. The van der Waals surface area contributed by atoms with Crippen LogP contribution in [-0.4, -0.2) is 5.49 Å². The fraction of sp³-hybridized carbons (Fsp3) is 0. The van der Waals surface area contributed by atoms with Crippen LogP contribution in [0.1, 0.15) is 0 Å². The molecule has 0 aliphatic heterocycles. The number of hydrogen-bond acceptors (Lipinski definition) is 1. The Morgan fingerprint density at radius 2 is 1.89 bits per heavy atom. The van der Waals surface area contributed by atoms with Crippen LogP contribution in [0.15, 0.2) is 30.6 Å². The Hall–Kier alpha value is -0.960. The minimum absolute atomic E-state index is 1.46. The van der Waals surface area contributed by atoms with Crippen LogP contribution < -0.4 is 10.1 Å². The van der Waals surface area contributed by atoms with Gasteiger partial charge in [0.1, 0.15) is 5.49 Å². The van der Waals surface area contributed by atoms with E-state index in [9.17, 15) is 0 Å². The van der Waals surface area contributed by atoms with Gasteiger partial charge in [0.15, 0.2) is 12.4 Å². The maximum Gasteiger partial charge on any atom is 0.199 e. The molecule has 1 heterocycles. The summed E-state index contributed by atoms with van der Waals surface area (Å²) in [5.74, 6) is 0. The second kappa shape index (κ2) is 3.14. The largest absolute Gasteiger partial charge is 0.199 e. The van der Waals surface area contributed by atoms with Gasteiger partial charge in [0.2, 0.25) is 0 Å². The first-order chi connectivity index (χ1) is 4.43. The maximum absolute atomic E-state index is 4.58. The number of thiocarbonyl (C=S) groups is 1. The molecular weight excluding hydrogens is 132 g/mol. The molecule has 0 aliphatic carbocycles. The van der Waals surface area contributed by atoms with E-state index in [2.05, 4.69) is 17.6 Å². The zero-order valence-corrected chi connectivity index (χ0v) is 5.64. The quantitative estimate of drug-likeness (QED) is 0.473. The van der Waals surface area contributed by atoms with Crippen molar-refractivity contribution in [2.24, 2.45) is 0 Å². The Balaban J connectivity index is 2.72. The molecular formula is C6H7N2S+. The van der Waals surface area contributed by atoms with Gasteiger partial charge in [-0.2, -0.15) is 5.43 Å². The minimum Gasteiger partial charge on any atom is -0.157 e. The maximum atomic E-state index is 4.58. The van der Waals surface area contributed by atoms with Crippen LogP contribution >= 0.6 is 12.2 Å². The summed E-state index contributed by atoms with van der Waals surface area (Å²) in [5, 5.41) is 0. The van der Waals surface area contributed by atoms with E-state index >= 15 is 0 Å². The Morgan fingerprint density at radius 1 is 1.22 bits per heavy atom. The molecule has 0 saturated carbocycles. The van der Waals surface area contributed by atoms with Gasteiger partial charge in [-0.25, -0.2) is 0 Å². The lowest BCUT2D eigenvalue weighted by Crippen LogP contribution is -2.42. The van der Waals surface area contributed by atoms with E-state index in [0.29, 0.717) is 0 Å². The van der Waals surface area contributed by atoms with Gasteiger partial charge in [0.05, 0.1) is 0 Å². The summed E-state index contributed by atoms with van der Waals surface area (Å²) in [6.07, 6.45) is 3.76. The third-order valence-corrected chi connectivity index (χ3v) is 1.02. The van der Waals surface area contributed by atoms with Crippen LogP contribution in [0, 0.1) is 0 Å². The van der Waals surface area contributed by atoms with E-state index in [1.165, 1.54) is 5.49 Å². The number of nitrogens with one attached hydrogen (secondary N) is 1. The first-order valence-corrected chi connectivity index (χ1v) is 3.07. The predicted molar refractivity (Wildman–Crippen MR) is 39.7 cm³/mol. The second-order valence-electron chi connectivity index (χ2n) is 1.53. The normalized spacial score (nSPS) is 8.44. The van der Waals surface area contributed by atoms with Gasteiger partial charge in [-0.3, -0.25) is 0 Å². The van der Waals surface area contributed by atoms with Crippen LogP contribution in [0.25, 0.3) is 0 Å². The molecule has 0 aromatic carbocycles. The van der Waals surface area contributed by atoms with Crippen molar-refractivity contribution in [3.05, 3.63) is 30.6 Å². The highest BCUT2D eigenvalue weighted by Crippen LogP contribution is 1.72. The molecule has 9 heavy (non-hydrogen) atoms. The third-order valence-electron chi connectivity index (χ3n) is 0.917. The predicted octanol–water partition coefficient (Wildman–Crippen LogP) is 0.475. The van der Waals surface area contributed by atoms with E-state index in [4.69, 9.17) is 0 Å². The van der Waals surface area contributed by atoms with E-state index in [1.54, 1.807) is 4.68 Å². The minimum atomic E-state index is 1.46. The Labute approximate surface area is 59.1 Å². The topological polar surface area (TPSA) is 15.9 Å². The molecule has 0 fully saturated rings. The summed E-state index contributed by atoms with van der Waals surface area (Å²) >= 11 is 4.58. The number of hydrogen-bond donors (Lipinski definition) is 1. The summed E-state index contributed by atoms with van der Waals surface area (Å²) < 4.78 is 1.77. The monoisotopic (exact) mass is 139 g/mol. The molecule has 0 unspecified atom stereocenters. The molecule has 1 aromatic rings. The van der Waals surface area contributed by atoms with Gasteiger partial charge in [0.25, 0.3) is 0 Å². The molecule has 0 saturated heterocycles. The van der Waals surface area contributed by atoms with Crippen molar-refractivity contribution in [3.63, 3.8) is 0 Å². The van der Waals surface area contributed by atoms with Crippen molar-refractivity contribution in [1.29, 1.82) is 0 Å². The highest BCUT2D eigenvalue weighted by Gasteiger charge is 1.87. The zero-order valence-electron chi connectivity index (χ0n) is 4.82. The van der Waals surface area contributed by atoms with Gasteiger partial charge in [0, 0.05) is 12.1 Å². The molecule has 1 N–H and O–H groups in total. The Bertz CT molecular complexity index is 186. The van der Waals surface area contributed by atoms with Crippen LogP contribution in [-0.2, 0) is 0 Å². The van der Waals surface area contributed by atoms with Crippen LogP contribution in [0.5, 0.6) is 0 Å². The highest BCUT2D eigenvalue weighted by molar-refractivity contribution is 7.79. The van der Waals surface area contributed by atoms with E-state index in [0.717, 1.165) is 0 Å². The average molecular weight is 139 g/mol. The first-order valence-electron chi connectivity index (χ1n) is 2.60. The lowest BCUT2D eigenvalue weighted by atomic mass is 10.5. The molecule has 0 bridgehead atoms. The molecule has 3 heteroatoms. The van der Waals surface area contributed by atoms with Gasteiger partial charge < -0.3 is 0 Å². The number of aromatic nitrogens is 1. The molecule has 1 rings (SSSR count). The van der Waals surface area contributed by atoms with Crippen LogP contribution in [0.3, 0.4) is 0 Å². The standard InChI is InChI=1S/C6H6N2S/c9-6-7-8-4-2-1-3-5-8/h1-6H/p+1. The van der Waals surface area contributed by atoms with E-state index in [1.807, 2.05) is 30.6 Å². The summed E-state index contributed by atoms with van der Waals surface area (Å²) in [6, 6.07) is 5.79. The zero-order chi connectivity index (χ0) is 6.53. The van der Waals surface area contributed by atoms with E-state index in [-0.39, 0.29) is 0 Å². The van der Waals surface area contributed by atoms with Crippen molar-refractivity contribution in [1.82, 2.24) is 0 Å². The number of pyridine rings is 1. The number of rotatable bonds is 2. The van der Waals surface area contributed by atoms with Crippen molar-refractivity contribution in [2.75, 3.05) is 5.43 Å². The summed E-state index contributed by atoms with van der Waals surface area (Å²) in [4.78, 5) is 0.